The number of methoxy groups -OCH3 is 1. The van der Waals surface area contributed by atoms with Crippen molar-refractivity contribution < 1.29 is 19.1 Å². The number of piperazine rings is 1. The normalized spacial score (nSPS) is 14.5. The topological polar surface area (TPSA) is 59.1 Å². The number of amides is 2. The SMILES string of the molecule is CCOc1ccc(CCC(=O)N2CCN(C(=O)C(Cl)Cl)CC2)cc1OC. The molecule has 0 unspecified atom stereocenters. The van der Waals surface area contributed by atoms with Gasteiger partial charge in [-0.3, -0.25) is 9.59 Å². The van der Waals surface area contributed by atoms with Gasteiger partial charge in [0.05, 0.1) is 13.7 Å². The number of hydrogen-bond acceptors (Lipinski definition) is 4. The Balaban J connectivity index is 1.85. The highest BCUT2D eigenvalue weighted by molar-refractivity contribution is 6.53. The summed E-state index contributed by atoms with van der Waals surface area (Å²) in [4.78, 5) is 26.5. The summed E-state index contributed by atoms with van der Waals surface area (Å²) in [7, 11) is 1.60. The highest BCUT2D eigenvalue weighted by Crippen LogP contribution is 2.28. The van der Waals surface area contributed by atoms with Gasteiger partial charge in [-0.1, -0.05) is 29.3 Å². The number of carbonyl (C=O) groups excluding carboxylic acids is 2. The van der Waals surface area contributed by atoms with Crippen molar-refractivity contribution >= 4 is 35.0 Å². The second kappa shape index (κ2) is 9.88. The molecule has 2 amide bonds. The van der Waals surface area contributed by atoms with Crippen LogP contribution in [0.25, 0.3) is 0 Å². The molecule has 0 spiro atoms. The first-order chi connectivity index (χ1) is 12.5. The second-order valence-corrected chi connectivity index (χ2v) is 7.02. The first-order valence-corrected chi connectivity index (χ1v) is 9.48. The largest absolute Gasteiger partial charge is 0.493 e. The van der Waals surface area contributed by atoms with Gasteiger partial charge in [0.15, 0.2) is 16.3 Å². The molecule has 0 radical (unpaired) electrons. The highest BCUT2D eigenvalue weighted by atomic mass is 35.5. The quantitative estimate of drug-likeness (QED) is 0.657. The maximum atomic E-state index is 12.4. The van der Waals surface area contributed by atoms with Gasteiger partial charge in [0, 0.05) is 32.6 Å². The minimum absolute atomic E-state index is 0.0678. The zero-order valence-electron chi connectivity index (χ0n) is 15.0. The third-order valence-electron chi connectivity index (χ3n) is 4.29. The molecule has 1 aliphatic rings. The van der Waals surface area contributed by atoms with Gasteiger partial charge in [-0.05, 0) is 31.0 Å². The Morgan fingerprint density at radius 2 is 1.77 bits per heavy atom. The third-order valence-corrected chi connectivity index (χ3v) is 4.66. The van der Waals surface area contributed by atoms with Crippen LogP contribution in [0.3, 0.4) is 0 Å². The molecular weight excluding hydrogens is 379 g/mol. The molecular formula is C18H24Cl2N2O4. The maximum absolute atomic E-state index is 12.4. The standard InChI is InChI=1S/C18H24Cl2N2O4/c1-3-26-14-6-4-13(12-15(14)25-2)5-7-16(23)21-8-10-22(11-9-21)18(24)17(19)20/h4,6,12,17H,3,5,7-11H2,1-2H3. The number of hydrogen-bond donors (Lipinski definition) is 0. The van der Waals surface area contributed by atoms with Crippen LogP contribution in [0.2, 0.25) is 0 Å². The molecule has 6 nitrogen and oxygen atoms in total. The molecule has 1 aromatic carbocycles. The molecule has 2 rings (SSSR count). The molecule has 1 aromatic rings. The highest BCUT2D eigenvalue weighted by Gasteiger charge is 2.26. The van der Waals surface area contributed by atoms with E-state index in [4.69, 9.17) is 32.7 Å². The lowest BCUT2D eigenvalue weighted by Gasteiger charge is -2.35. The van der Waals surface area contributed by atoms with Gasteiger partial charge >= 0.3 is 0 Å². The van der Waals surface area contributed by atoms with Crippen molar-refractivity contribution in [3.05, 3.63) is 23.8 Å². The summed E-state index contributed by atoms with van der Waals surface area (Å²) in [6, 6.07) is 5.70. The molecule has 0 atom stereocenters. The van der Waals surface area contributed by atoms with E-state index in [1.807, 2.05) is 25.1 Å². The van der Waals surface area contributed by atoms with Crippen LogP contribution in [0.1, 0.15) is 18.9 Å². The molecule has 0 aliphatic carbocycles. The molecule has 1 saturated heterocycles. The van der Waals surface area contributed by atoms with Gasteiger partial charge in [-0.25, -0.2) is 0 Å². The molecule has 0 aromatic heterocycles. The van der Waals surface area contributed by atoms with Crippen LogP contribution in [-0.4, -0.2) is 66.3 Å². The minimum Gasteiger partial charge on any atom is -0.493 e. The van der Waals surface area contributed by atoms with E-state index < -0.39 is 4.84 Å². The van der Waals surface area contributed by atoms with Crippen LogP contribution < -0.4 is 9.47 Å². The lowest BCUT2D eigenvalue weighted by atomic mass is 10.1. The van der Waals surface area contributed by atoms with Crippen molar-refractivity contribution in [2.45, 2.75) is 24.6 Å². The fourth-order valence-corrected chi connectivity index (χ4v) is 3.14. The van der Waals surface area contributed by atoms with Crippen LogP contribution in [0.5, 0.6) is 11.5 Å². The van der Waals surface area contributed by atoms with Crippen molar-refractivity contribution in [2.75, 3.05) is 39.9 Å². The first kappa shape index (κ1) is 20.6. The van der Waals surface area contributed by atoms with Crippen molar-refractivity contribution in [1.82, 2.24) is 9.80 Å². The Kier molecular flexibility index (Phi) is 7.85. The van der Waals surface area contributed by atoms with Gasteiger partial charge in [-0.15, -0.1) is 0 Å². The molecule has 8 heteroatoms. The van der Waals surface area contributed by atoms with E-state index in [9.17, 15) is 9.59 Å². The fraction of sp³-hybridized carbons (Fsp3) is 0.556. The Morgan fingerprint density at radius 1 is 1.12 bits per heavy atom. The minimum atomic E-state index is -1.05. The van der Waals surface area contributed by atoms with Crippen molar-refractivity contribution in [3.63, 3.8) is 0 Å². The molecule has 26 heavy (non-hydrogen) atoms. The Labute approximate surface area is 163 Å². The molecule has 0 saturated carbocycles. The van der Waals surface area contributed by atoms with E-state index in [1.165, 1.54) is 0 Å². The van der Waals surface area contributed by atoms with Crippen molar-refractivity contribution in [2.24, 2.45) is 0 Å². The molecule has 1 fully saturated rings. The van der Waals surface area contributed by atoms with Gasteiger partial charge < -0.3 is 19.3 Å². The maximum Gasteiger partial charge on any atom is 0.255 e. The summed E-state index contributed by atoms with van der Waals surface area (Å²) in [5.41, 5.74) is 1.01. The van der Waals surface area contributed by atoms with E-state index in [2.05, 4.69) is 0 Å². The molecule has 0 N–H and O–H groups in total. The van der Waals surface area contributed by atoms with Gasteiger partial charge in [-0.2, -0.15) is 0 Å². The molecule has 0 bridgehead atoms. The van der Waals surface area contributed by atoms with Crippen LogP contribution in [0, 0.1) is 0 Å². The summed E-state index contributed by atoms with van der Waals surface area (Å²) in [6.07, 6.45) is 1.02. The number of nitrogens with zero attached hydrogens (tertiary/aromatic N) is 2. The van der Waals surface area contributed by atoms with Crippen molar-refractivity contribution in [3.8, 4) is 11.5 Å². The number of carbonyl (C=O) groups is 2. The van der Waals surface area contributed by atoms with Crippen LogP contribution in [-0.2, 0) is 16.0 Å². The fourth-order valence-electron chi connectivity index (χ4n) is 2.87. The van der Waals surface area contributed by atoms with E-state index in [1.54, 1.807) is 16.9 Å². The molecule has 144 valence electrons. The lowest BCUT2D eigenvalue weighted by molar-refractivity contribution is -0.138. The Bertz CT molecular complexity index is 632. The smallest absolute Gasteiger partial charge is 0.255 e. The lowest BCUT2D eigenvalue weighted by Crippen LogP contribution is -2.51. The van der Waals surface area contributed by atoms with Crippen LogP contribution >= 0.6 is 23.2 Å². The van der Waals surface area contributed by atoms with E-state index in [0.717, 1.165) is 5.56 Å². The summed E-state index contributed by atoms with van der Waals surface area (Å²) in [5, 5.41) is 0. The zero-order valence-corrected chi connectivity index (χ0v) is 16.6. The van der Waals surface area contributed by atoms with Gasteiger partial charge in [0.2, 0.25) is 5.91 Å². The predicted octanol–water partition coefficient (Wildman–Crippen LogP) is 2.50. The molecule has 1 heterocycles. The first-order valence-electron chi connectivity index (χ1n) is 8.60. The van der Waals surface area contributed by atoms with Crippen LogP contribution in [0.4, 0.5) is 0 Å². The number of benzene rings is 1. The summed E-state index contributed by atoms with van der Waals surface area (Å²) >= 11 is 11.2. The number of aryl methyl sites for hydroxylation is 1. The van der Waals surface area contributed by atoms with Crippen LogP contribution in [0.15, 0.2) is 18.2 Å². The number of alkyl halides is 2. The Morgan fingerprint density at radius 3 is 2.35 bits per heavy atom. The van der Waals surface area contributed by atoms with Crippen molar-refractivity contribution in [1.29, 1.82) is 0 Å². The summed E-state index contributed by atoms with van der Waals surface area (Å²) in [5.74, 6) is 1.13. The Hall–Kier alpha value is -1.66. The third kappa shape index (κ3) is 5.42. The van der Waals surface area contributed by atoms with E-state index >= 15 is 0 Å². The molecule has 1 aliphatic heterocycles. The summed E-state index contributed by atoms with van der Waals surface area (Å²) in [6.45, 7) is 4.39. The van der Waals surface area contributed by atoms with E-state index in [0.29, 0.717) is 57.1 Å². The van der Waals surface area contributed by atoms with Gasteiger partial charge in [0.25, 0.3) is 5.91 Å². The average Bonchev–Trinajstić information content (AvgIpc) is 2.66. The summed E-state index contributed by atoms with van der Waals surface area (Å²) < 4.78 is 10.8. The predicted molar refractivity (Wildman–Crippen MR) is 101 cm³/mol. The van der Waals surface area contributed by atoms with Gasteiger partial charge in [0.1, 0.15) is 0 Å². The van der Waals surface area contributed by atoms with E-state index in [-0.39, 0.29) is 11.8 Å². The number of rotatable bonds is 7. The number of ether oxygens (including phenoxy) is 2. The average molecular weight is 403 g/mol. The second-order valence-electron chi connectivity index (χ2n) is 5.92. The zero-order chi connectivity index (χ0) is 19.1. The monoisotopic (exact) mass is 402 g/mol. The number of halogens is 2.